The molecule has 0 fully saturated rings. The Morgan fingerprint density at radius 1 is 1.19 bits per heavy atom. The van der Waals surface area contributed by atoms with Crippen molar-refractivity contribution in [1.29, 1.82) is 0 Å². The standard InChI is InChI=1S/C14H15N3O3S/c1-15-21(18,19)14-5-3-12(20-14)9-17-11-2-4-13-10(8-11)6-7-16-13/h2-8,15-17H,9H2,1H3. The van der Waals surface area contributed by atoms with E-state index in [9.17, 15) is 8.42 Å². The smallest absolute Gasteiger partial charge is 0.273 e. The molecule has 0 aliphatic carbocycles. The van der Waals surface area contributed by atoms with Crippen LogP contribution in [0, 0.1) is 0 Å². The molecule has 21 heavy (non-hydrogen) atoms. The number of aromatic amines is 1. The van der Waals surface area contributed by atoms with Gasteiger partial charge in [0, 0.05) is 22.8 Å². The van der Waals surface area contributed by atoms with E-state index in [0.29, 0.717) is 12.3 Å². The van der Waals surface area contributed by atoms with Crippen molar-refractivity contribution in [3.05, 3.63) is 48.4 Å². The van der Waals surface area contributed by atoms with Crippen LogP contribution < -0.4 is 10.0 Å². The second-order valence-electron chi connectivity index (χ2n) is 4.56. The van der Waals surface area contributed by atoms with E-state index < -0.39 is 10.0 Å². The number of benzene rings is 1. The van der Waals surface area contributed by atoms with Crippen molar-refractivity contribution in [2.45, 2.75) is 11.6 Å². The van der Waals surface area contributed by atoms with Gasteiger partial charge in [-0.3, -0.25) is 0 Å². The third kappa shape index (κ3) is 2.79. The lowest BCUT2D eigenvalue weighted by Crippen LogP contribution is -2.17. The van der Waals surface area contributed by atoms with Crippen LogP contribution in [0.15, 0.2) is 52.1 Å². The molecule has 0 radical (unpaired) electrons. The molecule has 1 aromatic carbocycles. The number of nitrogens with one attached hydrogen (secondary N) is 3. The highest BCUT2D eigenvalue weighted by Gasteiger charge is 2.16. The summed E-state index contributed by atoms with van der Waals surface area (Å²) in [5, 5.41) is 4.23. The lowest BCUT2D eigenvalue weighted by atomic mass is 10.2. The first kappa shape index (κ1) is 13.7. The number of fused-ring (bicyclic) bond motifs is 1. The number of anilines is 1. The fourth-order valence-electron chi connectivity index (χ4n) is 2.05. The predicted molar refractivity (Wildman–Crippen MR) is 80.6 cm³/mol. The van der Waals surface area contributed by atoms with Crippen molar-refractivity contribution >= 4 is 26.6 Å². The summed E-state index contributed by atoms with van der Waals surface area (Å²) in [5.41, 5.74) is 2.01. The summed E-state index contributed by atoms with van der Waals surface area (Å²) in [4.78, 5) is 3.13. The molecule has 3 rings (SSSR count). The van der Waals surface area contributed by atoms with Crippen LogP contribution in [0.5, 0.6) is 0 Å². The second-order valence-corrected chi connectivity index (χ2v) is 6.38. The Morgan fingerprint density at radius 2 is 2.05 bits per heavy atom. The van der Waals surface area contributed by atoms with Gasteiger partial charge in [-0.15, -0.1) is 0 Å². The average molecular weight is 305 g/mol. The van der Waals surface area contributed by atoms with E-state index >= 15 is 0 Å². The Labute approximate surface area is 122 Å². The minimum absolute atomic E-state index is 0.0807. The number of rotatable bonds is 5. The number of hydrogen-bond acceptors (Lipinski definition) is 4. The van der Waals surface area contributed by atoms with E-state index in [-0.39, 0.29) is 5.09 Å². The van der Waals surface area contributed by atoms with E-state index in [1.807, 2.05) is 30.5 Å². The maximum absolute atomic E-state index is 11.6. The maximum atomic E-state index is 11.6. The fourth-order valence-corrected chi connectivity index (χ4v) is 2.72. The fraction of sp³-hybridized carbons (Fsp3) is 0.143. The van der Waals surface area contributed by atoms with E-state index in [1.165, 1.54) is 13.1 Å². The molecule has 7 heteroatoms. The summed E-state index contributed by atoms with van der Waals surface area (Å²) in [6.07, 6.45) is 1.88. The molecule has 0 aliphatic rings. The van der Waals surface area contributed by atoms with Crippen LogP contribution in [0.4, 0.5) is 5.69 Å². The van der Waals surface area contributed by atoms with Crippen molar-refractivity contribution in [2.75, 3.05) is 12.4 Å². The number of furan rings is 1. The van der Waals surface area contributed by atoms with Gasteiger partial charge in [0.2, 0.25) is 5.09 Å². The molecule has 2 heterocycles. The summed E-state index contributed by atoms with van der Waals surface area (Å²) in [5.74, 6) is 0.554. The molecule has 3 aromatic rings. The van der Waals surface area contributed by atoms with Crippen molar-refractivity contribution in [1.82, 2.24) is 9.71 Å². The number of sulfonamides is 1. The van der Waals surface area contributed by atoms with Gasteiger partial charge in [0.15, 0.2) is 0 Å². The van der Waals surface area contributed by atoms with Gasteiger partial charge in [-0.05, 0) is 43.4 Å². The Kier molecular flexibility index (Phi) is 3.44. The molecular weight excluding hydrogens is 290 g/mol. The van der Waals surface area contributed by atoms with Gasteiger partial charge in [-0.2, -0.15) is 0 Å². The first-order valence-electron chi connectivity index (χ1n) is 6.42. The zero-order chi connectivity index (χ0) is 14.9. The molecule has 0 atom stereocenters. The molecule has 0 aliphatic heterocycles. The topological polar surface area (TPSA) is 87.1 Å². The molecular formula is C14H15N3O3S. The molecule has 0 unspecified atom stereocenters. The first-order chi connectivity index (χ1) is 10.1. The zero-order valence-electron chi connectivity index (χ0n) is 11.4. The highest BCUT2D eigenvalue weighted by Crippen LogP contribution is 2.19. The Bertz CT molecular complexity index is 864. The predicted octanol–water partition coefficient (Wildman–Crippen LogP) is 2.28. The molecule has 3 N–H and O–H groups in total. The summed E-state index contributed by atoms with van der Waals surface area (Å²) in [6, 6.07) is 11.0. The highest BCUT2D eigenvalue weighted by molar-refractivity contribution is 7.89. The van der Waals surface area contributed by atoms with Crippen molar-refractivity contribution in [2.24, 2.45) is 0 Å². The monoisotopic (exact) mass is 305 g/mol. The normalized spacial score (nSPS) is 11.9. The van der Waals surface area contributed by atoms with Crippen LogP contribution in [-0.4, -0.2) is 20.4 Å². The van der Waals surface area contributed by atoms with E-state index in [4.69, 9.17) is 4.42 Å². The van der Waals surface area contributed by atoms with Crippen molar-refractivity contribution in [3.63, 3.8) is 0 Å². The van der Waals surface area contributed by atoms with Crippen LogP contribution in [0.2, 0.25) is 0 Å². The van der Waals surface area contributed by atoms with Gasteiger partial charge in [-0.25, -0.2) is 13.1 Å². The van der Waals surface area contributed by atoms with E-state index in [2.05, 4.69) is 15.0 Å². The Balaban J connectivity index is 1.72. The van der Waals surface area contributed by atoms with Crippen molar-refractivity contribution in [3.8, 4) is 0 Å². The number of hydrogen-bond donors (Lipinski definition) is 3. The molecule has 6 nitrogen and oxygen atoms in total. The quantitative estimate of drug-likeness (QED) is 0.675. The Morgan fingerprint density at radius 3 is 2.86 bits per heavy atom. The molecule has 0 amide bonds. The minimum atomic E-state index is -3.53. The van der Waals surface area contributed by atoms with Gasteiger partial charge >= 0.3 is 0 Å². The van der Waals surface area contributed by atoms with Crippen LogP contribution in [-0.2, 0) is 16.6 Å². The third-order valence-electron chi connectivity index (χ3n) is 3.19. The highest BCUT2D eigenvalue weighted by atomic mass is 32.2. The second kappa shape index (κ2) is 5.27. The summed E-state index contributed by atoms with van der Waals surface area (Å²) < 4.78 is 30.7. The summed E-state index contributed by atoms with van der Waals surface area (Å²) in [6.45, 7) is 0.412. The molecule has 0 saturated heterocycles. The molecule has 110 valence electrons. The minimum Gasteiger partial charge on any atom is -0.446 e. The zero-order valence-corrected chi connectivity index (χ0v) is 12.2. The molecule has 0 saturated carbocycles. The summed E-state index contributed by atoms with van der Waals surface area (Å²) in [7, 11) is -2.18. The maximum Gasteiger partial charge on any atom is 0.273 e. The first-order valence-corrected chi connectivity index (χ1v) is 7.90. The van der Waals surface area contributed by atoms with Gasteiger partial charge in [-0.1, -0.05) is 0 Å². The summed E-state index contributed by atoms with van der Waals surface area (Å²) >= 11 is 0. The third-order valence-corrected chi connectivity index (χ3v) is 4.48. The van der Waals surface area contributed by atoms with E-state index in [0.717, 1.165) is 16.6 Å². The number of H-pyrrole nitrogens is 1. The average Bonchev–Trinajstić information content (AvgIpc) is 3.13. The van der Waals surface area contributed by atoms with Crippen molar-refractivity contribution < 1.29 is 12.8 Å². The van der Waals surface area contributed by atoms with Gasteiger partial charge < -0.3 is 14.7 Å². The van der Waals surface area contributed by atoms with Crippen LogP contribution in [0.3, 0.4) is 0 Å². The van der Waals surface area contributed by atoms with Crippen LogP contribution >= 0.6 is 0 Å². The lowest BCUT2D eigenvalue weighted by molar-refractivity contribution is 0.417. The van der Waals surface area contributed by atoms with Gasteiger partial charge in [0.1, 0.15) is 5.76 Å². The number of aromatic nitrogens is 1. The van der Waals surface area contributed by atoms with Crippen LogP contribution in [0.25, 0.3) is 10.9 Å². The largest absolute Gasteiger partial charge is 0.446 e. The Hall–Kier alpha value is -2.25. The lowest BCUT2D eigenvalue weighted by Gasteiger charge is -2.04. The molecule has 0 spiro atoms. The SMILES string of the molecule is CNS(=O)(=O)c1ccc(CNc2ccc3[nH]ccc3c2)o1. The van der Waals surface area contributed by atoms with Crippen LogP contribution in [0.1, 0.15) is 5.76 Å². The molecule has 0 bridgehead atoms. The van der Waals surface area contributed by atoms with E-state index in [1.54, 1.807) is 6.07 Å². The molecule has 2 aromatic heterocycles. The van der Waals surface area contributed by atoms with Gasteiger partial charge in [0.05, 0.1) is 6.54 Å². The van der Waals surface area contributed by atoms with Gasteiger partial charge in [0.25, 0.3) is 10.0 Å².